The fraction of sp³-hybridized carbons (Fsp3) is 0.385. The maximum Gasteiger partial charge on any atom is 0.432 e. The van der Waals surface area contributed by atoms with E-state index in [0.717, 1.165) is 55.5 Å². The van der Waals surface area contributed by atoms with Crippen molar-refractivity contribution in [1.29, 1.82) is 0 Å². The van der Waals surface area contributed by atoms with Gasteiger partial charge in [0.15, 0.2) is 0 Å². The topological polar surface area (TPSA) is 9.23 Å². The van der Waals surface area contributed by atoms with Crippen molar-refractivity contribution < 1.29 is 39.9 Å². The number of hydrogen-bond acceptors (Lipinski definition) is 1. The average Bonchev–Trinajstić information content (AvgIpc) is 3.02. The van der Waals surface area contributed by atoms with E-state index in [1.807, 2.05) is 0 Å². The third-order valence-electron chi connectivity index (χ3n) is 9.31. The van der Waals surface area contributed by atoms with Gasteiger partial charge in [0.05, 0.1) is 0 Å². The summed E-state index contributed by atoms with van der Waals surface area (Å²) in [5.74, 6) is -6.93. The third-order valence-corrected chi connectivity index (χ3v) is 9.31. The van der Waals surface area contributed by atoms with Gasteiger partial charge in [-0.15, -0.1) is 0 Å². The first-order valence-corrected chi connectivity index (χ1v) is 16.6. The molecule has 4 aromatic rings. The van der Waals surface area contributed by atoms with Crippen molar-refractivity contribution in [1.82, 2.24) is 0 Å². The highest BCUT2D eigenvalue weighted by Crippen LogP contribution is 2.41. The van der Waals surface area contributed by atoms with Gasteiger partial charge in [-0.1, -0.05) is 58.1 Å². The van der Waals surface area contributed by atoms with Crippen LogP contribution in [0.2, 0.25) is 0 Å². The summed E-state index contributed by atoms with van der Waals surface area (Å²) >= 11 is 0. The van der Waals surface area contributed by atoms with Crippen LogP contribution in [0.1, 0.15) is 94.2 Å². The highest BCUT2D eigenvalue weighted by atomic mass is 19.3. The summed E-state index contributed by atoms with van der Waals surface area (Å²) in [5, 5.41) is 0. The van der Waals surface area contributed by atoms with Gasteiger partial charge in [-0.05, 0) is 103 Å². The lowest BCUT2D eigenvalue weighted by Gasteiger charge is -2.29. The minimum atomic E-state index is -4.60. The molecule has 0 radical (unpaired) electrons. The normalized spacial score (nSPS) is 16.7. The highest BCUT2D eigenvalue weighted by molar-refractivity contribution is 5.67. The molecular weight excluding hydrogens is 636 g/mol. The minimum Gasteiger partial charge on any atom is -0.429 e. The van der Waals surface area contributed by atoms with Gasteiger partial charge in [0.1, 0.15) is 46.2 Å². The van der Waals surface area contributed by atoms with Crippen LogP contribution in [0.4, 0.5) is 35.1 Å². The molecule has 1 aliphatic rings. The van der Waals surface area contributed by atoms with Gasteiger partial charge in [0.25, 0.3) is 0 Å². The molecule has 0 unspecified atom stereocenters. The van der Waals surface area contributed by atoms with Gasteiger partial charge >= 0.3 is 6.11 Å². The maximum atomic E-state index is 15.3. The smallest absolute Gasteiger partial charge is 0.429 e. The molecule has 256 valence electrons. The summed E-state index contributed by atoms with van der Waals surface area (Å²) < 4.78 is 124. The molecule has 0 amide bonds. The van der Waals surface area contributed by atoms with E-state index in [1.54, 1.807) is 13.0 Å². The van der Waals surface area contributed by atoms with Crippen LogP contribution in [-0.2, 0) is 12.5 Å². The molecule has 4 aromatic carbocycles. The zero-order chi connectivity index (χ0) is 34.6. The molecule has 48 heavy (non-hydrogen) atoms. The van der Waals surface area contributed by atoms with Crippen molar-refractivity contribution in [2.24, 2.45) is 5.92 Å². The molecule has 0 atom stereocenters. The van der Waals surface area contributed by atoms with Gasteiger partial charge in [0, 0.05) is 22.8 Å². The fourth-order valence-electron chi connectivity index (χ4n) is 6.73. The SMILES string of the molecule is CCCCCC1CCC(c2ccc(-c3cc(F)c(C(F)(F)Oc4ccc(-c5cc(F)c(CCC)c(F)c5)c(F)c4)c(F)c3)c(F)c2)CC1. The van der Waals surface area contributed by atoms with Crippen LogP contribution in [0.25, 0.3) is 22.3 Å². The van der Waals surface area contributed by atoms with Crippen LogP contribution in [0, 0.1) is 40.8 Å². The van der Waals surface area contributed by atoms with E-state index in [1.165, 1.54) is 37.8 Å². The Morgan fingerprint density at radius 3 is 1.73 bits per heavy atom. The van der Waals surface area contributed by atoms with Crippen molar-refractivity contribution in [2.75, 3.05) is 0 Å². The predicted molar refractivity (Wildman–Crippen MR) is 171 cm³/mol. The van der Waals surface area contributed by atoms with Crippen LogP contribution in [-0.4, -0.2) is 0 Å². The number of alkyl halides is 2. The molecule has 1 saturated carbocycles. The van der Waals surface area contributed by atoms with Crippen molar-refractivity contribution in [2.45, 2.75) is 90.1 Å². The summed E-state index contributed by atoms with van der Waals surface area (Å²) in [6, 6.07) is 9.92. The Bertz CT molecular complexity index is 1700. The van der Waals surface area contributed by atoms with Gasteiger partial charge in [-0.25, -0.2) is 26.3 Å². The molecule has 0 heterocycles. The molecule has 0 N–H and O–H groups in total. The highest BCUT2D eigenvalue weighted by Gasteiger charge is 2.41. The molecule has 0 saturated heterocycles. The minimum absolute atomic E-state index is 0.137. The number of ether oxygens (including phenoxy) is 1. The van der Waals surface area contributed by atoms with Crippen LogP contribution in [0.3, 0.4) is 0 Å². The Morgan fingerprint density at radius 1 is 0.625 bits per heavy atom. The van der Waals surface area contributed by atoms with Crippen LogP contribution in [0.5, 0.6) is 5.75 Å². The van der Waals surface area contributed by atoms with Crippen LogP contribution >= 0.6 is 0 Å². The summed E-state index contributed by atoms with van der Waals surface area (Å²) in [6.45, 7) is 3.91. The lowest BCUT2D eigenvalue weighted by atomic mass is 9.77. The molecule has 0 aliphatic heterocycles. The largest absolute Gasteiger partial charge is 0.432 e. The molecule has 5 rings (SSSR count). The number of hydrogen-bond donors (Lipinski definition) is 0. The Morgan fingerprint density at radius 2 is 1.19 bits per heavy atom. The molecule has 0 spiro atoms. The van der Waals surface area contributed by atoms with E-state index >= 15 is 22.0 Å². The van der Waals surface area contributed by atoms with Crippen LogP contribution < -0.4 is 4.74 Å². The second-order valence-electron chi connectivity index (χ2n) is 12.7. The first kappa shape index (κ1) is 35.4. The van der Waals surface area contributed by atoms with Crippen molar-refractivity contribution >= 4 is 0 Å². The standard InChI is InChI=1S/C39H38F8O/c1-3-5-6-8-23-9-11-24(12-10-23)25-13-15-29(32(40)17-25)27-20-36(44)38(37(45)21-27)39(46,47)48-28-14-16-30(35(43)22-28)26-18-33(41)31(7-4-2)34(42)19-26/h13-24H,3-12H2,1-2H3. The van der Waals surface area contributed by atoms with Gasteiger partial charge in [-0.2, -0.15) is 8.78 Å². The van der Waals surface area contributed by atoms with Crippen molar-refractivity contribution in [3.63, 3.8) is 0 Å². The number of rotatable bonds is 12. The van der Waals surface area contributed by atoms with Crippen LogP contribution in [0.15, 0.2) is 60.7 Å². The first-order valence-electron chi connectivity index (χ1n) is 16.6. The Balaban J connectivity index is 1.31. The number of halogens is 8. The van der Waals surface area contributed by atoms with Gasteiger partial charge < -0.3 is 4.74 Å². The molecule has 0 aromatic heterocycles. The summed E-state index contributed by atoms with van der Waals surface area (Å²) in [7, 11) is 0. The Hall–Kier alpha value is -3.88. The maximum absolute atomic E-state index is 15.3. The van der Waals surface area contributed by atoms with Gasteiger partial charge in [-0.3, -0.25) is 0 Å². The van der Waals surface area contributed by atoms with E-state index in [4.69, 9.17) is 0 Å². The molecule has 1 aliphatic carbocycles. The Labute approximate surface area is 276 Å². The zero-order valence-electron chi connectivity index (χ0n) is 26.9. The van der Waals surface area contributed by atoms with Crippen molar-refractivity contribution in [3.05, 3.63) is 112 Å². The number of benzene rings is 4. The van der Waals surface area contributed by atoms with Gasteiger partial charge in [0.2, 0.25) is 0 Å². The summed E-state index contributed by atoms with van der Waals surface area (Å²) in [6.07, 6.45) is 4.82. The lowest BCUT2D eigenvalue weighted by molar-refractivity contribution is -0.189. The molecule has 1 fully saturated rings. The lowest BCUT2D eigenvalue weighted by Crippen LogP contribution is -2.25. The third kappa shape index (κ3) is 7.87. The molecule has 1 nitrogen and oxygen atoms in total. The molecular formula is C39H38F8O. The van der Waals surface area contributed by atoms with E-state index in [9.17, 15) is 13.2 Å². The first-order chi connectivity index (χ1) is 22.9. The summed E-state index contributed by atoms with van der Waals surface area (Å²) in [5.41, 5.74) is -1.97. The zero-order valence-corrected chi connectivity index (χ0v) is 26.9. The quantitative estimate of drug-likeness (QED) is 0.107. The van der Waals surface area contributed by atoms with E-state index in [0.29, 0.717) is 30.5 Å². The van der Waals surface area contributed by atoms with E-state index in [2.05, 4.69) is 11.7 Å². The predicted octanol–water partition coefficient (Wildman–Crippen LogP) is 12.8. The fourth-order valence-corrected chi connectivity index (χ4v) is 6.73. The number of unbranched alkanes of at least 4 members (excludes halogenated alkanes) is 2. The van der Waals surface area contributed by atoms with Crippen molar-refractivity contribution in [3.8, 4) is 28.0 Å². The monoisotopic (exact) mass is 674 g/mol. The van der Waals surface area contributed by atoms with E-state index in [-0.39, 0.29) is 40.2 Å². The average molecular weight is 675 g/mol. The second kappa shape index (κ2) is 15.1. The summed E-state index contributed by atoms with van der Waals surface area (Å²) in [4.78, 5) is 0. The Kier molecular flexibility index (Phi) is 11.2. The second-order valence-corrected chi connectivity index (χ2v) is 12.7. The molecule has 0 bridgehead atoms. The molecule has 9 heteroatoms. The van der Waals surface area contributed by atoms with E-state index < -0.39 is 52.3 Å².